The highest BCUT2D eigenvalue weighted by Crippen LogP contribution is 2.19. The van der Waals surface area contributed by atoms with Crippen molar-refractivity contribution in [2.24, 2.45) is 0 Å². The predicted molar refractivity (Wildman–Crippen MR) is 83.6 cm³/mol. The Morgan fingerprint density at radius 2 is 2.08 bits per heavy atom. The Morgan fingerprint density at radius 3 is 2.83 bits per heavy atom. The highest BCUT2D eigenvalue weighted by atomic mass is 19.1. The van der Waals surface area contributed by atoms with E-state index in [0.717, 1.165) is 29.0 Å². The van der Waals surface area contributed by atoms with Gasteiger partial charge in [0.25, 0.3) is 0 Å². The Hall–Kier alpha value is -2.90. The zero-order chi connectivity index (χ0) is 17.3. The second kappa shape index (κ2) is 6.31. The van der Waals surface area contributed by atoms with Gasteiger partial charge in [-0.15, -0.1) is 10.2 Å². The molecule has 1 aromatic carbocycles. The fourth-order valence-electron chi connectivity index (χ4n) is 2.59. The lowest BCUT2D eigenvalue weighted by molar-refractivity contribution is -0.116. The molecule has 3 rings (SSSR count). The second-order valence-corrected chi connectivity index (χ2v) is 5.46. The van der Waals surface area contributed by atoms with Gasteiger partial charge in [0, 0.05) is 18.1 Å². The van der Waals surface area contributed by atoms with E-state index in [-0.39, 0.29) is 18.0 Å². The van der Waals surface area contributed by atoms with E-state index >= 15 is 0 Å². The monoisotopic (exact) mass is 331 g/mol. The first-order valence-electron chi connectivity index (χ1n) is 7.36. The SMILES string of the molecule is Cc1nn2cnnc2c(C)c1CCC(=O)Nc1ccc(F)cc1F. The molecule has 0 unspecified atom stereocenters. The van der Waals surface area contributed by atoms with Gasteiger partial charge in [-0.2, -0.15) is 5.10 Å². The van der Waals surface area contributed by atoms with Gasteiger partial charge in [0.1, 0.15) is 18.0 Å². The lowest BCUT2D eigenvalue weighted by Crippen LogP contribution is -2.15. The van der Waals surface area contributed by atoms with Gasteiger partial charge >= 0.3 is 0 Å². The highest BCUT2D eigenvalue weighted by Gasteiger charge is 2.14. The van der Waals surface area contributed by atoms with Crippen LogP contribution in [0.1, 0.15) is 23.2 Å². The molecule has 1 amide bonds. The van der Waals surface area contributed by atoms with Crippen LogP contribution in [0.4, 0.5) is 14.5 Å². The van der Waals surface area contributed by atoms with Gasteiger partial charge in [0.15, 0.2) is 5.65 Å². The van der Waals surface area contributed by atoms with Gasteiger partial charge in [-0.3, -0.25) is 4.79 Å². The molecule has 2 aromatic heterocycles. The summed E-state index contributed by atoms with van der Waals surface area (Å²) in [7, 11) is 0. The number of benzene rings is 1. The number of hydrogen-bond acceptors (Lipinski definition) is 4. The molecule has 6 nitrogen and oxygen atoms in total. The predicted octanol–water partition coefficient (Wildman–Crippen LogP) is 2.59. The van der Waals surface area contributed by atoms with Crippen molar-refractivity contribution >= 4 is 17.2 Å². The smallest absolute Gasteiger partial charge is 0.224 e. The summed E-state index contributed by atoms with van der Waals surface area (Å²) in [5, 5.41) is 14.6. The molecule has 0 atom stereocenters. The average molecular weight is 331 g/mol. The first kappa shape index (κ1) is 16.0. The number of hydrogen-bond donors (Lipinski definition) is 1. The maximum Gasteiger partial charge on any atom is 0.224 e. The second-order valence-electron chi connectivity index (χ2n) is 5.46. The Bertz CT molecular complexity index is 922. The molecule has 8 heteroatoms. The van der Waals surface area contributed by atoms with Crippen LogP contribution in [0.15, 0.2) is 24.5 Å². The van der Waals surface area contributed by atoms with Crippen LogP contribution in [0, 0.1) is 25.5 Å². The van der Waals surface area contributed by atoms with Crippen LogP contribution in [0.3, 0.4) is 0 Å². The molecule has 0 aliphatic heterocycles. The van der Waals surface area contributed by atoms with Gasteiger partial charge in [0.2, 0.25) is 5.91 Å². The summed E-state index contributed by atoms with van der Waals surface area (Å²) in [6.07, 6.45) is 2.09. The summed E-state index contributed by atoms with van der Waals surface area (Å²) in [4.78, 5) is 12.0. The first-order chi connectivity index (χ1) is 11.5. The number of anilines is 1. The molecule has 24 heavy (non-hydrogen) atoms. The minimum absolute atomic E-state index is 0.0409. The molecule has 1 N–H and O–H groups in total. The highest BCUT2D eigenvalue weighted by molar-refractivity contribution is 5.91. The summed E-state index contributed by atoms with van der Waals surface area (Å²) in [6.45, 7) is 3.74. The lowest BCUT2D eigenvalue weighted by atomic mass is 10.0. The van der Waals surface area contributed by atoms with Crippen LogP contribution in [-0.4, -0.2) is 25.7 Å². The molecule has 0 aliphatic carbocycles. The number of aryl methyl sites for hydroxylation is 2. The normalized spacial score (nSPS) is 11.0. The quantitative estimate of drug-likeness (QED) is 0.797. The molecule has 0 bridgehead atoms. The molecule has 0 aliphatic rings. The van der Waals surface area contributed by atoms with E-state index in [1.54, 1.807) is 4.52 Å². The van der Waals surface area contributed by atoms with Crippen LogP contribution >= 0.6 is 0 Å². The van der Waals surface area contributed by atoms with Crippen molar-refractivity contribution < 1.29 is 13.6 Å². The molecule has 3 aromatic rings. The van der Waals surface area contributed by atoms with Crippen LogP contribution < -0.4 is 5.32 Å². The summed E-state index contributed by atoms with van der Waals surface area (Å²) < 4.78 is 28.0. The zero-order valence-electron chi connectivity index (χ0n) is 13.2. The Labute approximate surface area is 136 Å². The van der Waals surface area contributed by atoms with E-state index in [2.05, 4.69) is 20.6 Å². The van der Waals surface area contributed by atoms with Gasteiger partial charge in [0.05, 0.1) is 11.4 Å². The molecular formula is C16H15F2N5O. The number of nitrogens with one attached hydrogen (secondary N) is 1. The van der Waals surface area contributed by atoms with Crippen molar-refractivity contribution in [3.63, 3.8) is 0 Å². The molecular weight excluding hydrogens is 316 g/mol. The fourth-order valence-corrected chi connectivity index (χ4v) is 2.59. The maximum atomic E-state index is 13.6. The van der Waals surface area contributed by atoms with Crippen LogP contribution in [0.2, 0.25) is 0 Å². The number of nitrogens with zero attached hydrogens (tertiary/aromatic N) is 4. The standard InChI is InChI=1S/C16H15F2N5O/c1-9-12(10(2)22-23-8-19-21-16(9)23)4-6-15(24)20-14-5-3-11(17)7-13(14)18/h3,5,7-8H,4,6H2,1-2H3,(H,20,24). The number of fused-ring (bicyclic) bond motifs is 1. The van der Waals surface area contributed by atoms with Crippen molar-refractivity contribution in [1.82, 2.24) is 19.8 Å². The lowest BCUT2D eigenvalue weighted by Gasteiger charge is -2.10. The minimum Gasteiger partial charge on any atom is -0.324 e. The minimum atomic E-state index is -0.803. The number of aromatic nitrogens is 4. The van der Waals surface area contributed by atoms with Gasteiger partial charge in [-0.25, -0.2) is 13.3 Å². The summed E-state index contributed by atoms with van der Waals surface area (Å²) in [6, 6.07) is 3.02. The number of halogens is 2. The van der Waals surface area contributed by atoms with E-state index in [4.69, 9.17) is 0 Å². The van der Waals surface area contributed by atoms with Crippen LogP contribution in [0.5, 0.6) is 0 Å². The number of amides is 1. The molecule has 0 spiro atoms. The van der Waals surface area contributed by atoms with E-state index in [9.17, 15) is 13.6 Å². The topological polar surface area (TPSA) is 72.2 Å². The van der Waals surface area contributed by atoms with Crippen molar-refractivity contribution in [1.29, 1.82) is 0 Å². The summed E-state index contributed by atoms with van der Waals surface area (Å²) in [5.74, 6) is -1.85. The third kappa shape index (κ3) is 3.08. The summed E-state index contributed by atoms with van der Waals surface area (Å²) >= 11 is 0. The van der Waals surface area contributed by atoms with E-state index in [1.807, 2.05) is 13.8 Å². The van der Waals surface area contributed by atoms with Gasteiger partial charge < -0.3 is 5.32 Å². The van der Waals surface area contributed by atoms with Crippen molar-refractivity contribution in [2.75, 3.05) is 5.32 Å². The molecule has 0 saturated carbocycles. The Balaban J connectivity index is 1.72. The van der Waals surface area contributed by atoms with Gasteiger partial charge in [-0.05, 0) is 38.0 Å². The molecule has 0 radical (unpaired) electrons. The molecule has 0 saturated heterocycles. The van der Waals surface area contributed by atoms with E-state index in [1.165, 1.54) is 12.4 Å². The Morgan fingerprint density at radius 1 is 1.29 bits per heavy atom. The van der Waals surface area contributed by atoms with Crippen molar-refractivity contribution in [3.05, 3.63) is 53.0 Å². The first-order valence-corrected chi connectivity index (χ1v) is 7.36. The maximum absolute atomic E-state index is 13.6. The van der Waals surface area contributed by atoms with E-state index in [0.29, 0.717) is 12.1 Å². The van der Waals surface area contributed by atoms with Crippen molar-refractivity contribution in [3.8, 4) is 0 Å². The van der Waals surface area contributed by atoms with Crippen LogP contribution in [-0.2, 0) is 11.2 Å². The van der Waals surface area contributed by atoms with Crippen LogP contribution in [0.25, 0.3) is 5.65 Å². The number of carbonyl (C=O) groups excluding carboxylic acids is 1. The fraction of sp³-hybridized carbons (Fsp3) is 0.250. The molecule has 2 heterocycles. The van der Waals surface area contributed by atoms with Gasteiger partial charge in [-0.1, -0.05) is 0 Å². The zero-order valence-corrected chi connectivity index (χ0v) is 13.2. The largest absolute Gasteiger partial charge is 0.324 e. The number of carbonyl (C=O) groups is 1. The van der Waals surface area contributed by atoms with E-state index < -0.39 is 11.6 Å². The Kier molecular flexibility index (Phi) is 4.20. The molecule has 124 valence electrons. The number of rotatable bonds is 4. The van der Waals surface area contributed by atoms with Crippen molar-refractivity contribution in [2.45, 2.75) is 26.7 Å². The third-order valence-electron chi connectivity index (χ3n) is 3.82. The summed E-state index contributed by atoms with van der Waals surface area (Å²) in [5.41, 5.74) is 3.19. The third-order valence-corrected chi connectivity index (χ3v) is 3.82. The molecule has 0 fully saturated rings. The average Bonchev–Trinajstić information content (AvgIpc) is 2.98.